The lowest BCUT2D eigenvalue weighted by Crippen LogP contribution is -2.53. The maximum atomic E-state index is 11.9. The van der Waals surface area contributed by atoms with Crippen molar-refractivity contribution in [1.82, 2.24) is 0 Å². The Morgan fingerprint density at radius 3 is 2.56 bits per heavy atom. The first kappa shape index (κ1) is 11.9. The highest BCUT2D eigenvalue weighted by molar-refractivity contribution is 5.80. The number of hydrogen-bond donors (Lipinski definition) is 1. The summed E-state index contributed by atoms with van der Waals surface area (Å²) < 4.78 is 10.6. The van der Waals surface area contributed by atoms with Crippen LogP contribution < -0.4 is 5.73 Å². The second kappa shape index (κ2) is 5.15. The van der Waals surface area contributed by atoms with E-state index < -0.39 is 5.54 Å². The van der Waals surface area contributed by atoms with Crippen LogP contribution in [0.25, 0.3) is 0 Å². The van der Waals surface area contributed by atoms with E-state index in [9.17, 15) is 4.79 Å². The number of ether oxygens (including phenoxy) is 2. The van der Waals surface area contributed by atoms with Gasteiger partial charge in [0.1, 0.15) is 5.54 Å². The van der Waals surface area contributed by atoms with Crippen molar-refractivity contribution in [1.29, 1.82) is 0 Å². The summed E-state index contributed by atoms with van der Waals surface area (Å²) >= 11 is 0. The quantitative estimate of drug-likeness (QED) is 0.737. The maximum Gasteiger partial charge on any atom is 0.326 e. The van der Waals surface area contributed by atoms with Crippen LogP contribution >= 0.6 is 0 Å². The molecule has 2 fully saturated rings. The van der Waals surface area contributed by atoms with E-state index in [1.54, 1.807) is 0 Å². The van der Waals surface area contributed by atoms with Gasteiger partial charge >= 0.3 is 5.97 Å². The number of carbonyl (C=O) groups is 1. The van der Waals surface area contributed by atoms with Gasteiger partial charge in [0, 0.05) is 13.2 Å². The van der Waals surface area contributed by atoms with E-state index in [-0.39, 0.29) is 5.97 Å². The normalized spacial score (nSPS) is 25.6. The Hall–Kier alpha value is -0.610. The average molecular weight is 227 g/mol. The van der Waals surface area contributed by atoms with Crippen LogP contribution in [-0.2, 0) is 14.3 Å². The van der Waals surface area contributed by atoms with Crippen molar-refractivity contribution in [3.05, 3.63) is 0 Å². The number of hydrogen-bond acceptors (Lipinski definition) is 4. The van der Waals surface area contributed by atoms with E-state index in [0.717, 1.165) is 0 Å². The van der Waals surface area contributed by atoms with Crippen molar-refractivity contribution in [3.8, 4) is 0 Å². The maximum absolute atomic E-state index is 11.9. The molecule has 16 heavy (non-hydrogen) atoms. The first-order valence-corrected chi connectivity index (χ1v) is 6.24. The van der Waals surface area contributed by atoms with Gasteiger partial charge in [-0.3, -0.25) is 4.79 Å². The standard InChI is InChI=1S/C12H21NO3/c13-12(5-7-15-8-6-12)11(14)16-9-10-3-1-2-4-10/h10H,1-9,13H2. The lowest BCUT2D eigenvalue weighted by molar-refractivity contribution is -0.155. The molecule has 0 aromatic heterocycles. The predicted molar refractivity (Wildman–Crippen MR) is 59.9 cm³/mol. The van der Waals surface area contributed by atoms with E-state index in [2.05, 4.69) is 0 Å². The van der Waals surface area contributed by atoms with Crippen LogP contribution in [0.4, 0.5) is 0 Å². The summed E-state index contributed by atoms with van der Waals surface area (Å²) in [5.41, 5.74) is 5.24. The summed E-state index contributed by atoms with van der Waals surface area (Å²) in [5, 5.41) is 0. The molecule has 2 aliphatic rings. The van der Waals surface area contributed by atoms with Crippen molar-refractivity contribution in [2.45, 2.75) is 44.1 Å². The number of rotatable bonds is 3. The molecule has 1 aliphatic heterocycles. The fourth-order valence-electron chi connectivity index (χ4n) is 2.45. The highest BCUT2D eigenvalue weighted by Gasteiger charge is 2.37. The molecule has 0 spiro atoms. The largest absolute Gasteiger partial charge is 0.464 e. The predicted octanol–water partition coefficient (Wildman–Crippen LogP) is 1.23. The molecule has 0 aromatic rings. The Kier molecular flexibility index (Phi) is 3.82. The van der Waals surface area contributed by atoms with Crippen LogP contribution in [0.2, 0.25) is 0 Å². The van der Waals surface area contributed by atoms with E-state index in [1.165, 1.54) is 25.7 Å². The molecular formula is C12H21NO3. The smallest absolute Gasteiger partial charge is 0.326 e. The SMILES string of the molecule is NC1(C(=O)OCC2CCCC2)CCOCC1. The summed E-state index contributed by atoms with van der Waals surface area (Å²) in [5.74, 6) is 0.329. The molecule has 1 saturated carbocycles. The van der Waals surface area contributed by atoms with Gasteiger partial charge < -0.3 is 15.2 Å². The molecule has 0 radical (unpaired) electrons. The van der Waals surface area contributed by atoms with Crippen LogP contribution in [0.1, 0.15) is 38.5 Å². The molecule has 1 saturated heterocycles. The van der Waals surface area contributed by atoms with E-state index in [1.807, 2.05) is 0 Å². The van der Waals surface area contributed by atoms with E-state index in [0.29, 0.717) is 38.6 Å². The second-order valence-electron chi connectivity index (χ2n) is 5.02. The summed E-state index contributed by atoms with van der Waals surface area (Å²) in [4.78, 5) is 11.9. The molecule has 1 heterocycles. The Morgan fingerprint density at radius 1 is 1.31 bits per heavy atom. The lowest BCUT2D eigenvalue weighted by Gasteiger charge is -2.31. The minimum atomic E-state index is -0.795. The first-order valence-electron chi connectivity index (χ1n) is 6.24. The molecule has 0 bridgehead atoms. The Bertz CT molecular complexity index is 243. The lowest BCUT2D eigenvalue weighted by atomic mass is 9.91. The first-order chi connectivity index (χ1) is 7.71. The van der Waals surface area contributed by atoms with Crippen LogP contribution in [0.15, 0.2) is 0 Å². The minimum absolute atomic E-state index is 0.234. The van der Waals surface area contributed by atoms with Crippen molar-refractivity contribution in [2.75, 3.05) is 19.8 Å². The Balaban J connectivity index is 1.77. The van der Waals surface area contributed by atoms with Gasteiger partial charge in [-0.15, -0.1) is 0 Å². The van der Waals surface area contributed by atoms with Gasteiger partial charge in [-0.05, 0) is 31.6 Å². The average Bonchev–Trinajstić information content (AvgIpc) is 2.79. The third-order valence-corrected chi connectivity index (χ3v) is 3.72. The zero-order chi connectivity index (χ0) is 11.4. The number of carbonyl (C=O) groups excluding carboxylic acids is 1. The molecule has 4 nitrogen and oxygen atoms in total. The van der Waals surface area contributed by atoms with Gasteiger partial charge in [-0.1, -0.05) is 12.8 Å². The van der Waals surface area contributed by atoms with Crippen LogP contribution in [0.5, 0.6) is 0 Å². The monoisotopic (exact) mass is 227 g/mol. The molecule has 2 N–H and O–H groups in total. The Morgan fingerprint density at radius 2 is 1.94 bits per heavy atom. The third-order valence-electron chi connectivity index (χ3n) is 3.72. The molecular weight excluding hydrogens is 206 g/mol. The molecule has 0 unspecified atom stereocenters. The van der Waals surface area contributed by atoms with Crippen molar-refractivity contribution in [2.24, 2.45) is 11.7 Å². The zero-order valence-electron chi connectivity index (χ0n) is 9.74. The van der Waals surface area contributed by atoms with Crippen molar-refractivity contribution in [3.63, 3.8) is 0 Å². The fraction of sp³-hybridized carbons (Fsp3) is 0.917. The summed E-state index contributed by atoms with van der Waals surface area (Å²) in [6.45, 7) is 1.68. The summed E-state index contributed by atoms with van der Waals surface area (Å²) in [6.07, 6.45) is 6.07. The molecule has 0 atom stereocenters. The molecule has 2 rings (SSSR count). The second-order valence-corrected chi connectivity index (χ2v) is 5.02. The van der Waals surface area contributed by atoms with Crippen LogP contribution in [0.3, 0.4) is 0 Å². The zero-order valence-corrected chi connectivity index (χ0v) is 9.74. The third kappa shape index (κ3) is 2.74. The Labute approximate surface area is 96.5 Å². The molecule has 1 aliphatic carbocycles. The highest BCUT2D eigenvalue weighted by Crippen LogP contribution is 2.26. The molecule has 92 valence electrons. The number of esters is 1. The van der Waals surface area contributed by atoms with E-state index in [4.69, 9.17) is 15.2 Å². The van der Waals surface area contributed by atoms with Gasteiger partial charge in [-0.2, -0.15) is 0 Å². The number of nitrogens with two attached hydrogens (primary N) is 1. The van der Waals surface area contributed by atoms with Gasteiger partial charge in [0.15, 0.2) is 0 Å². The highest BCUT2D eigenvalue weighted by atomic mass is 16.5. The molecule has 0 aromatic carbocycles. The summed E-state index contributed by atoms with van der Waals surface area (Å²) in [7, 11) is 0. The summed E-state index contributed by atoms with van der Waals surface area (Å²) in [6, 6.07) is 0. The topological polar surface area (TPSA) is 61.6 Å². The van der Waals surface area contributed by atoms with E-state index >= 15 is 0 Å². The van der Waals surface area contributed by atoms with Crippen molar-refractivity contribution >= 4 is 5.97 Å². The van der Waals surface area contributed by atoms with Gasteiger partial charge in [-0.25, -0.2) is 0 Å². The van der Waals surface area contributed by atoms with Gasteiger partial charge in [0.05, 0.1) is 6.61 Å². The van der Waals surface area contributed by atoms with Crippen LogP contribution in [0, 0.1) is 5.92 Å². The molecule has 4 heteroatoms. The minimum Gasteiger partial charge on any atom is -0.464 e. The van der Waals surface area contributed by atoms with Gasteiger partial charge in [0.25, 0.3) is 0 Å². The van der Waals surface area contributed by atoms with Crippen molar-refractivity contribution < 1.29 is 14.3 Å². The van der Waals surface area contributed by atoms with Gasteiger partial charge in [0.2, 0.25) is 0 Å². The fourth-order valence-corrected chi connectivity index (χ4v) is 2.45. The molecule has 0 amide bonds. The van der Waals surface area contributed by atoms with Crippen LogP contribution in [-0.4, -0.2) is 31.3 Å².